The number of hydrogen-bond donors (Lipinski definition) is 1. The summed E-state index contributed by atoms with van der Waals surface area (Å²) in [5.41, 5.74) is 3.32. The molecule has 2 aromatic carbocycles. The fourth-order valence-corrected chi connectivity index (χ4v) is 4.59. The Hall–Kier alpha value is -3.28. The number of benzene rings is 2. The van der Waals surface area contributed by atoms with E-state index < -0.39 is 0 Å². The molecule has 1 N–H and O–H groups in total. The van der Waals surface area contributed by atoms with Crippen molar-refractivity contribution in [1.29, 1.82) is 0 Å². The summed E-state index contributed by atoms with van der Waals surface area (Å²) in [6, 6.07) is 13.3. The number of methoxy groups -OCH3 is 2. The number of ether oxygens (including phenoxy) is 3. The van der Waals surface area contributed by atoms with Gasteiger partial charge >= 0.3 is 0 Å². The van der Waals surface area contributed by atoms with E-state index in [0.717, 1.165) is 28.1 Å². The van der Waals surface area contributed by atoms with E-state index in [-0.39, 0.29) is 29.9 Å². The first-order chi connectivity index (χ1) is 15.0. The lowest BCUT2D eigenvalue weighted by atomic mass is 9.73. The summed E-state index contributed by atoms with van der Waals surface area (Å²) in [6.07, 6.45) is 1.21. The van der Waals surface area contributed by atoms with Crippen molar-refractivity contribution < 1.29 is 23.8 Å². The van der Waals surface area contributed by atoms with Gasteiger partial charge in [0, 0.05) is 41.5 Å². The molecule has 0 spiro atoms. The van der Waals surface area contributed by atoms with Gasteiger partial charge in [-0.15, -0.1) is 0 Å². The minimum atomic E-state index is -0.236. The molecular weight excluding hydrogens is 394 g/mol. The summed E-state index contributed by atoms with van der Waals surface area (Å²) in [5.74, 6) is 1.88. The Bertz CT molecular complexity index is 1020. The molecule has 6 nitrogen and oxygen atoms in total. The van der Waals surface area contributed by atoms with Gasteiger partial charge in [0.2, 0.25) is 5.91 Å². The van der Waals surface area contributed by atoms with Gasteiger partial charge in [-0.05, 0) is 49.2 Å². The third kappa shape index (κ3) is 4.15. The molecule has 0 saturated carbocycles. The topological polar surface area (TPSA) is 73.9 Å². The molecule has 0 radical (unpaired) electrons. The van der Waals surface area contributed by atoms with Crippen molar-refractivity contribution in [2.24, 2.45) is 0 Å². The second-order valence-corrected chi connectivity index (χ2v) is 7.84. The van der Waals surface area contributed by atoms with Gasteiger partial charge < -0.3 is 19.5 Å². The van der Waals surface area contributed by atoms with E-state index in [1.54, 1.807) is 14.2 Å². The lowest BCUT2D eigenvalue weighted by molar-refractivity contribution is -0.122. The van der Waals surface area contributed by atoms with Crippen LogP contribution in [0, 0.1) is 0 Å². The molecule has 6 heteroatoms. The lowest BCUT2D eigenvalue weighted by Gasteiger charge is -2.35. The summed E-state index contributed by atoms with van der Waals surface area (Å²) in [6.45, 7) is 2.53. The summed E-state index contributed by atoms with van der Waals surface area (Å²) >= 11 is 0. The molecule has 1 amide bonds. The van der Waals surface area contributed by atoms with Crippen LogP contribution in [0.1, 0.15) is 49.1 Å². The number of amides is 1. The van der Waals surface area contributed by atoms with Crippen LogP contribution >= 0.6 is 0 Å². The number of rotatable bonds is 6. The zero-order valence-electron chi connectivity index (χ0n) is 18.1. The first-order valence-corrected chi connectivity index (χ1v) is 10.5. The van der Waals surface area contributed by atoms with E-state index in [4.69, 9.17) is 14.2 Å². The summed E-state index contributed by atoms with van der Waals surface area (Å²) < 4.78 is 16.4. The molecule has 4 rings (SSSR count). The van der Waals surface area contributed by atoms with Crippen LogP contribution in [0.25, 0.3) is 0 Å². The Morgan fingerprint density at radius 2 is 1.68 bits per heavy atom. The molecule has 2 aromatic rings. The predicted molar refractivity (Wildman–Crippen MR) is 117 cm³/mol. The molecule has 31 heavy (non-hydrogen) atoms. The standard InChI is InChI=1S/C25H27NO5/c1-4-31-17-7-5-15(6-8-17)20-14-24(28)26-21-11-16(12-22(27)25(20)21)19-13-18(29-2)9-10-23(19)30-3/h5-10,13,16,20H,4,11-12,14H2,1-3H3,(H,26,28)/t16-,20+/m0/s1. The van der Waals surface area contributed by atoms with Crippen molar-refractivity contribution in [3.63, 3.8) is 0 Å². The van der Waals surface area contributed by atoms with Crippen LogP contribution in [0.5, 0.6) is 17.2 Å². The first-order valence-electron chi connectivity index (χ1n) is 10.5. The summed E-state index contributed by atoms with van der Waals surface area (Å²) in [5, 5.41) is 2.97. The third-order valence-corrected chi connectivity index (χ3v) is 6.01. The maximum Gasteiger partial charge on any atom is 0.225 e. The number of allylic oxidation sites excluding steroid dienone is 2. The minimum Gasteiger partial charge on any atom is -0.497 e. The predicted octanol–water partition coefficient (Wildman–Crippen LogP) is 4.11. The molecular formula is C25H27NO5. The van der Waals surface area contributed by atoms with Crippen LogP contribution in [0.15, 0.2) is 53.7 Å². The fraction of sp³-hybridized carbons (Fsp3) is 0.360. The second-order valence-electron chi connectivity index (χ2n) is 7.84. The molecule has 2 atom stereocenters. The highest BCUT2D eigenvalue weighted by molar-refractivity contribution is 6.02. The Kier molecular flexibility index (Phi) is 5.98. The van der Waals surface area contributed by atoms with E-state index in [2.05, 4.69) is 5.32 Å². The van der Waals surface area contributed by atoms with E-state index in [1.807, 2.05) is 49.4 Å². The monoisotopic (exact) mass is 421 g/mol. The molecule has 1 aliphatic heterocycles. The fourth-order valence-electron chi connectivity index (χ4n) is 4.59. The van der Waals surface area contributed by atoms with Gasteiger partial charge in [0.25, 0.3) is 0 Å². The number of Topliss-reactive ketones (excluding diaryl/α,β-unsaturated/α-hetero) is 1. The minimum absolute atomic E-state index is 0.0648. The van der Waals surface area contributed by atoms with Crippen LogP contribution in [0.4, 0.5) is 0 Å². The van der Waals surface area contributed by atoms with Crippen LogP contribution in [0.3, 0.4) is 0 Å². The Balaban J connectivity index is 1.68. The van der Waals surface area contributed by atoms with E-state index in [9.17, 15) is 9.59 Å². The van der Waals surface area contributed by atoms with Gasteiger partial charge in [-0.2, -0.15) is 0 Å². The van der Waals surface area contributed by atoms with Gasteiger partial charge in [0.15, 0.2) is 5.78 Å². The molecule has 0 saturated heterocycles. The molecule has 1 heterocycles. The molecule has 1 aliphatic carbocycles. The maximum atomic E-state index is 13.3. The molecule has 2 aliphatic rings. The van der Waals surface area contributed by atoms with Gasteiger partial charge in [-0.1, -0.05) is 12.1 Å². The number of nitrogens with one attached hydrogen (secondary N) is 1. The SMILES string of the molecule is CCOc1ccc([C@H]2CC(=O)NC3=C2C(=O)C[C@@H](c2cc(OC)ccc2OC)C3)cc1. The zero-order chi connectivity index (χ0) is 22.0. The number of carbonyl (C=O) groups is 2. The van der Waals surface area contributed by atoms with E-state index in [1.165, 1.54) is 0 Å². The summed E-state index contributed by atoms with van der Waals surface area (Å²) in [7, 11) is 3.23. The van der Waals surface area contributed by atoms with Gasteiger partial charge in [-0.3, -0.25) is 9.59 Å². The first kappa shape index (κ1) is 21.0. The smallest absolute Gasteiger partial charge is 0.225 e. The van der Waals surface area contributed by atoms with Crippen LogP contribution < -0.4 is 19.5 Å². The number of carbonyl (C=O) groups excluding carboxylic acids is 2. The number of ketones is 1. The molecule has 162 valence electrons. The maximum absolute atomic E-state index is 13.3. The van der Waals surface area contributed by atoms with Gasteiger partial charge in [0.05, 0.1) is 20.8 Å². The van der Waals surface area contributed by atoms with Crippen LogP contribution in [-0.4, -0.2) is 32.5 Å². The number of hydrogen-bond acceptors (Lipinski definition) is 5. The molecule has 0 unspecified atom stereocenters. The van der Waals surface area contributed by atoms with Crippen LogP contribution in [0.2, 0.25) is 0 Å². The van der Waals surface area contributed by atoms with Crippen molar-refractivity contribution in [1.82, 2.24) is 5.32 Å². The van der Waals surface area contributed by atoms with Crippen molar-refractivity contribution in [3.05, 3.63) is 64.9 Å². The highest BCUT2D eigenvalue weighted by Gasteiger charge is 2.38. The quantitative estimate of drug-likeness (QED) is 0.760. The normalized spacial score (nSPS) is 20.7. The summed E-state index contributed by atoms with van der Waals surface area (Å²) in [4.78, 5) is 25.8. The Morgan fingerprint density at radius 3 is 2.35 bits per heavy atom. The van der Waals surface area contributed by atoms with Crippen LogP contribution in [-0.2, 0) is 9.59 Å². The van der Waals surface area contributed by atoms with Crippen molar-refractivity contribution in [2.75, 3.05) is 20.8 Å². The Labute approximate surface area is 182 Å². The van der Waals surface area contributed by atoms with Crippen molar-refractivity contribution >= 4 is 11.7 Å². The molecule has 0 aromatic heterocycles. The molecule has 0 bridgehead atoms. The third-order valence-electron chi connectivity index (χ3n) is 6.01. The van der Waals surface area contributed by atoms with E-state index in [0.29, 0.717) is 30.9 Å². The van der Waals surface area contributed by atoms with Crippen molar-refractivity contribution in [2.45, 2.75) is 38.0 Å². The average molecular weight is 421 g/mol. The Morgan fingerprint density at radius 1 is 0.935 bits per heavy atom. The van der Waals surface area contributed by atoms with Crippen molar-refractivity contribution in [3.8, 4) is 17.2 Å². The highest BCUT2D eigenvalue weighted by Crippen LogP contribution is 2.45. The average Bonchev–Trinajstić information content (AvgIpc) is 2.78. The van der Waals surface area contributed by atoms with Gasteiger partial charge in [-0.25, -0.2) is 0 Å². The van der Waals surface area contributed by atoms with Gasteiger partial charge in [0.1, 0.15) is 17.2 Å². The highest BCUT2D eigenvalue weighted by atomic mass is 16.5. The second kappa shape index (κ2) is 8.84. The lowest BCUT2D eigenvalue weighted by Crippen LogP contribution is -2.38. The van der Waals surface area contributed by atoms with E-state index >= 15 is 0 Å². The zero-order valence-corrected chi connectivity index (χ0v) is 18.1. The molecule has 0 fully saturated rings. The largest absolute Gasteiger partial charge is 0.497 e.